The highest BCUT2D eigenvalue weighted by Crippen LogP contribution is 2.22. The van der Waals surface area contributed by atoms with Gasteiger partial charge in [0.1, 0.15) is 5.82 Å². The molecule has 0 radical (unpaired) electrons. The number of nitrogens with zero attached hydrogens (tertiary/aromatic N) is 1. The fraction of sp³-hybridized carbons (Fsp3) is 0.429. The van der Waals surface area contributed by atoms with Crippen molar-refractivity contribution in [3.8, 4) is 0 Å². The summed E-state index contributed by atoms with van der Waals surface area (Å²) in [5.41, 5.74) is 1.84. The predicted molar refractivity (Wildman–Crippen MR) is 73.7 cm³/mol. The first-order chi connectivity index (χ1) is 8.69. The van der Waals surface area contributed by atoms with Crippen LogP contribution in [0.15, 0.2) is 28.2 Å². The number of rotatable bonds is 4. The average molecular weight is 316 g/mol. The fourth-order valence-electron chi connectivity index (χ4n) is 2.18. The van der Waals surface area contributed by atoms with Gasteiger partial charge < -0.3 is 0 Å². The topological polar surface area (TPSA) is 3.24 Å². The zero-order valence-corrected chi connectivity index (χ0v) is 11.7. The molecule has 1 nitrogen and oxygen atoms in total. The van der Waals surface area contributed by atoms with Crippen LogP contribution in [0.3, 0.4) is 0 Å². The minimum atomic E-state index is -0.267. The van der Waals surface area contributed by atoms with E-state index in [0.717, 1.165) is 30.5 Å². The van der Waals surface area contributed by atoms with Gasteiger partial charge >= 0.3 is 0 Å². The Labute approximate surface area is 115 Å². The van der Waals surface area contributed by atoms with Crippen molar-refractivity contribution in [1.29, 1.82) is 0 Å². The molecule has 0 bridgehead atoms. The summed E-state index contributed by atoms with van der Waals surface area (Å²) in [5, 5.41) is 0. The third-order valence-corrected chi connectivity index (χ3v) is 3.60. The highest BCUT2D eigenvalue weighted by atomic mass is 79.9. The molecular weight excluding hydrogens is 300 g/mol. The Hall–Kier alpha value is -0.740. The molecule has 1 fully saturated rings. The van der Waals surface area contributed by atoms with Gasteiger partial charge in [-0.05, 0) is 25.0 Å². The summed E-state index contributed by atoms with van der Waals surface area (Å²) in [6.45, 7) is 2.30. The Balaban J connectivity index is 2.02. The van der Waals surface area contributed by atoms with E-state index in [1.54, 1.807) is 6.07 Å². The van der Waals surface area contributed by atoms with Gasteiger partial charge in [0.05, 0.1) is 6.67 Å². The van der Waals surface area contributed by atoms with Gasteiger partial charge in [0.25, 0.3) is 0 Å². The molecule has 1 aromatic carbocycles. The molecule has 0 saturated carbocycles. The van der Waals surface area contributed by atoms with Crippen LogP contribution < -0.4 is 0 Å². The number of alkyl halides is 1. The predicted octanol–water partition coefficient (Wildman–Crippen LogP) is 4.04. The van der Waals surface area contributed by atoms with Crippen LogP contribution in [0, 0.1) is 5.82 Å². The van der Waals surface area contributed by atoms with Crippen LogP contribution in [-0.2, 0) is 0 Å². The lowest BCUT2D eigenvalue weighted by molar-refractivity contribution is 0.317. The van der Waals surface area contributed by atoms with Crippen molar-refractivity contribution in [3.05, 3.63) is 39.6 Å². The number of benzene rings is 1. The van der Waals surface area contributed by atoms with E-state index in [0.29, 0.717) is 12.0 Å². The summed E-state index contributed by atoms with van der Waals surface area (Å²) in [6.07, 6.45) is 3.44. The Morgan fingerprint density at radius 2 is 2.22 bits per heavy atom. The molecule has 0 aromatic heterocycles. The van der Waals surface area contributed by atoms with Gasteiger partial charge in [-0.15, -0.1) is 0 Å². The second-order valence-corrected chi connectivity index (χ2v) is 5.45. The van der Waals surface area contributed by atoms with Gasteiger partial charge in [-0.2, -0.15) is 0 Å². The molecule has 18 heavy (non-hydrogen) atoms. The number of hydrogen-bond acceptors (Lipinski definition) is 1. The Bertz CT molecular complexity index is 445. The quantitative estimate of drug-likeness (QED) is 0.810. The number of halogens is 3. The monoisotopic (exact) mass is 315 g/mol. The Morgan fingerprint density at radius 3 is 2.94 bits per heavy atom. The fourth-order valence-corrected chi connectivity index (χ4v) is 2.51. The lowest BCUT2D eigenvalue weighted by Crippen LogP contribution is -2.20. The van der Waals surface area contributed by atoms with Crippen molar-refractivity contribution >= 4 is 22.0 Å². The molecule has 2 rings (SSSR count). The maximum absolute atomic E-state index is 13.7. The minimum absolute atomic E-state index is 0.209. The van der Waals surface area contributed by atoms with Crippen molar-refractivity contribution < 1.29 is 8.78 Å². The first kappa shape index (κ1) is 13.7. The van der Waals surface area contributed by atoms with Crippen LogP contribution in [0.5, 0.6) is 0 Å². The molecule has 1 aromatic rings. The van der Waals surface area contributed by atoms with Gasteiger partial charge in [0, 0.05) is 29.7 Å². The molecule has 1 heterocycles. The second kappa shape index (κ2) is 6.43. The zero-order valence-electron chi connectivity index (χ0n) is 10.1. The van der Waals surface area contributed by atoms with E-state index in [2.05, 4.69) is 20.8 Å². The van der Waals surface area contributed by atoms with Crippen molar-refractivity contribution in [3.63, 3.8) is 0 Å². The molecule has 1 saturated heterocycles. The summed E-state index contributed by atoms with van der Waals surface area (Å²) < 4.78 is 26.5. The highest BCUT2D eigenvalue weighted by Gasteiger charge is 2.16. The molecular formula is C14H16BrF2N. The summed E-state index contributed by atoms with van der Waals surface area (Å²) in [6, 6.07) is 5.09. The molecule has 0 atom stereocenters. The maximum Gasteiger partial charge on any atom is 0.131 e. The molecule has 0 N–H and O–H groups in total. The van der Waals surface area contributed by atoms with Crippen molar-refractivity contribution in [2.24, 2.45) is 0 Å². The first-order valence-corrected chi connectivity index (χ1v) is 6.91. The second-order valence-electron chi connectivity index (χ2n) is 4.54. The summed E-state index contributed by atoms with van der Waals surface area (Å²) in [5.74, 6) is -0.209. The molecule has 0 unspecified atom stereocenters. The van der Waals surface area contributed by atoms with Crippen molar-refractivity contribution in [1.82, 2.24) is 4.90 Å². The molecule has 1 aliphatic heterocycles. The van der Waals surface area contributed by atoms with Crippen LogP contribution in [0.1, 0.15) is 18.4 Å². The van der Waals surface area contributed by atoms with E-state index in [1.165, 1.54) is 11.6 Å². The van der Waals surface area contributed by atoms with Crippen molar-refractivity contribution in [2.75, 3.05) is 26.3 Å². The van der Waals surface area contributed by atoms with Crippen LogP contribution in [0.25, 0.3) is 6.08 Å². The zero-order chi connectivity index (χ0) is 13.0. The third-order valence-electron chi connectivity index (χ3n) is 3.11. The molecule has 0 spiro atoms. The van der Waals surface area contributed by atoms with E-state index in [-0.39, 0.29) is 12.5 Å². The number of likely N-dealkylation sites (tertiary alicyclic amines) is 1. The van der Waals surface area contributed by atoms with Crippen LogP contribution >= 0.6 is 15.9 Å². The van der Waals surface area contributed by atoms with E-state index in [4.69, 9.17) is 0 Å². The van der Waals surface area contributed by atoms with Crippen LogP contribution in [0.2, 0.25) is 0 Å². The van der Waals surface area contributed by atoms with Gasteiger partial charge in [-0.1, -0.05) is 33.6 Å². The molecule has 0 amide bonds. The standard InChI is InChI=1S/C14H16BrF2N/c15-13-3-2-12(14(17)9-13)8-11-4-7-18(10-11)6-1-5-16/h2-3,8-9H,1,4-7,10H2/b11-8-. The van der Waals surface area contributed by atoms with E-state index >= 15 is 0 Å². The normalized spacial score (nSPS) is 18.7. The molecule has 4 heteroatoms. The highest BCUT2D eigenvalue weighted by molar-refractivity contribution is 9.10. The largest absolute Gasteiger partial charge is 0.299 e. The summed E-state index contributed by atoms with van der Waals surface area (Å²) in [4.78, 5) is 2.21. The maximum atomic E-state index is 13.7. The van der Waals surface area contributed by atoms with E-state index < -0.39 is 0 Å². The summed E-state index contributed by atoms with van der Waals surface area (Å²) in [7, 11) is 0. The lowest BCUT2D eigenvalue weighted by atomic mass is 10.1. The molecule has 1 aliphatic rings. The van der Waals surface area contributed by atoms with Crippen molar-refractivity contribution in [2.45, 2.75) is 12.8 Å². The SMILES string of the molecule is FCCCN1CC/C(=C/c2ccc(Br)cc2F)C1. The van der Waals surface area contributed by atoms with Gasteiger partial charge in [0.2, 0.25) is 0 Å². The summed E-state index contributed by atoms with van der Waals surface area (Å²) >= 11 is 3.24. The number of hydrogen-bond donors (Lipinski definition) is 0. The lowest BCUT2D eigenvalue weighted by Gasteiger charge is -2.12. The Kier molecular flexibility index (Phi) is 4.89. The molecule has 0 aliphatic carbocycles. The average Bonchev–Trinajstić information content (AvgIpc) is 2.78. The molecule has 98 valence electrons. The first-order valence-electron chi connectivity index (χ1n) is 6.12. The van der Waals surface area contributed by atoms with Gasteiger partial charge in [-0.3, -0.25) is 9.29 Å². The van der Waals surface area contributed by atoms with Gasteiger partial charge in [-0.25, -0.2) is 4.39 Å². The van der Waals surface area contributed by atoms with E-state index in [9.17, 15) is 8.78 Å². The van der Waals surface area contributed by atoms with Crippen LogP contribution in [-0.4, -0.2) is 31.2 Å². The van der Waals surface area contributed by atoms with E-state index in [1.807, 2.05) is 12.1 Å². The van der Waals surface area contributed by atoms with Crippen LogP contribution in [0.4, 0.5) is 8.78 Å². The minimum Gasteiger partial charge on any atom is -0.299 e. The Morgan fingerprint density at radius 1 is 1.39 bits per heavy atom. The third kappa shape index (κ3) is 3.62. The smallest absolute Gasteiger partial charge is 0.131 e. The van der Waals surface area contributed by atoms with Gasteiger partial charge in [0.15, 0.2) is 0 Å².